The van der Waals surface area contributed by atoms with E-state index < -0.39 is 0 Å². The molecule has 0 aliphatic rings. The van der Waals surface area contributed by atoms with Crippen LogP contribution < -0.4 is 5.56 Å². The molecule has 6 aromatic rings. The lowest BCUT2D eigenvalue weighted by atomic mass is 10.2. The highest BCUT2D eigenvalue weighted by Gasteiger charge is 2.19. The van der Waals surface area contributed by atoms with Crippen LogP contribution in [0.3, 0.4) is 0 Å². The van der Waals surface area contributed by atoms with Gasteiger partial charge in [-0.15, -0.1) is 10.2 Å². The van der Waals surface area contributed by atoms with Crippen LogP contribution in [0.2, 0.25) is 5.02 Å². The summed E-state index contributed by atoms with van der Waals surface area (Å²) in [6.07, 6.45) is 1.69. The summed E-state index contributed by atoms with van der Waals surface area (Å²) >= 11 is 7.54. The molecular formula is C26H18ClN5O2S. The molecule has 0 spiro atoms. The molecule has 3 aromatic heterocycles. The average molecular weight is 500 g/mol. The van der Waals surface area contributed by atoms with Gasteiger partial charge in [0, 0.05) is 10.6 Å². The third-order valence-corrected chi connectivity index (χ3v) is 6.89. The lowest BCUT2D eigenvalue weighted by molar-refractivity contribution is 0.530. The average Bonchev–Trinajstić information content (AvgIpc) is 3.51. The molecule has 0 saturated heterocycles. The number of para-hydroxylation sites is 2. The van der Waals surface area contributed by atoms with Gasteiger partial charge in [0.2, 0.25) is 11.7 Å². The van der Waals surface area contributed by atoms with Crippen molar-refractivity contribution >= 4 is 40.0 Å². The molecule has 0 fully saturated rings. The SMILES string of the molecule is Cc1ccccc1-n1c(=O)c2ccccc2n2c(SCc3ncc(-c4cccc(Cl)c4)o3)nnc12. The van der Waals surface area contributed by atoms with Crippen LogP contribution in [0.25, 0.3) is 33.7 Å². The minimum atomic E-state index is -0.134. The minimum Gasteiger partial charge on any atom is -0.440 e. The van der Waals surface area contributed by atoms with Crippen LogP contribution in [0.15, 0.2) is 93.4 Å². The molecule has 3 heterocycles. The van der Waals surface area contributed by atoms with Crippen molar-refractivity contribution in [2.75, 3.05) is 0 Å². The van der Waals surface area contributed by atoms with E-state index in [1.54, 1.807) is 10.8 Å². The number of thioether (sulfide) groups is 1. The predicted molar refractivity (Wildman–Crippen MR) is 137 cm³/mol. The van der Waals surface area contributed by atoms with E-state index in [0.29, 0.717) is 38.7 Å². The van der Waals surface area contributed by atoms with Crippen LogP contribution in [0, 0.1) is 6.92 Å². The van der Waals surface area contributed by atoms with Gasteiger partial charge in [0.1, 0.15) is 0 Å². The number of hydrogen-bond donors (Lipinski definition) is 0. The summed E-state index contributed by atoms with van der Waals surface area (Å²) in [5.74, 6) is 2.10. The fraction of sp³-hybridized carbons (Fsp3) is 0.0769. The number of hydrogen-bond acceptors (Lipinski definition) is 6. The van der Waals surface area contributed by atoms with Crippen molar-refractivity contribution in [1.82, 2.24) is 24.1 Å². The van der Waals surface area contributed by atoms with Gasteiger partial charge in [0.05, 0.1) is 28.5 Å². The van der Waals surface area contributed by atoms with Gasteiger partial charge in [-0.2, -0.15) is 0 Å². The van der Waals surface area contributed by atoms with E-state index in [1.165, 1.54) is 11.8 Å². The molecule has 172 valence electrons. The van der Waals surface area contributed by atoms with Crippen LogP contribution in [-0.2, 0) is 5.75 Å². The number of aromatic nitrogens is 5. The fourth-order valence-corrected chi connectivity index (χ4v) is 5.07. The lowest BCUT2D eigenvalue weighted by Gasteiger charge is -2.13. The number of oxazole rings is 1. The van der Waals surface area contributed by atoms with Gasteiger partial charge in [-0.3, -0.25) is 9.20 Å². The number of rotatable bonds is 5. The Bertz CT molecular complexity index is 1770. The standard InChI is InChI=1S/C26H18ClN5O2S/c1-16-7-2-4-11-20(16)31-24(33)19-10-3-5-12-21(19)32-25(31)29-30-26(32)35-15-23-28-14-22(34-23)17-8-6-9-18(27)13-17/h2-14H,15H2,1H3. The van der Waals surface area contributed by atoms with Crippen molar-refractivity contribution in [3.63, 3.8) is 0 Å². The maximum Gasteiger partial charge on any atom is 0.267 e. The molecule has 0 unspecified atom stereocenters. The molecule has 0 atom stereocenters. The summed E-state index contributed by atoms with van der Waals surface area (Å²) in [6.45, 7) is 1.97. The van der Waals surface area contributed by atoms with Crippen molar-refractivity contribution in [2.24, 2.45) is 0 Å². The zero-order chi connectivity index (χ0) is 23.9. The minimum absolute atomic E-state index is 0.134. The molecular weight excluding hydrogens is 482 g/mol. The topological polar surface area (TPSA) is 78.2 Å². The number of benzene rings is 3. The quantitative estimate of drug-likeness (QED) is 0.273. The molecule has 0 radical (unpaired) electrons. The van der Waals surface area contributed by atoms with Gasteiger partial charge in [0.25, 0.3) is 5.56 Å². The third kappa shape index (κ3) is 3.80. The van der Waals surface area contributed by atoms with Gasteiger partial charge in [-0.1, -0.05) is 65.8 Å². The Morgan fingerprint density at radius 2 is 1.83 bits per heavy atom. The van der Waals surface area contributed by atoms with Crippen LogP contribution in [-0.4, -0.2) is 24.1 Å². The second-order valence-electron chi connectivity index (χ2n) is 7.98. The first-order valence-corrected chi connectivity index (χ1v) is 12.2. The van der Waals surface area contributed by atoms with E-state index in [1.807, 2.05) is 84.1 Å². The van der Waals surface area contributed by atoms with E-state index in [0.717, 1.165) is 22.3 Å². The van der Waals surface area contributed by atoms with E-state index in [4.69, 9.17) is 16.0 Å². The highest BCUT2D eigenvalue weighted by molar-refractivity contribution is 7.98. The second kappa shape index (κ2) is 8.72. The van der Waals surface area contributed by atoms with Gasteiger partial charge in [-0.05, 0) is 42.8 Å². The van der Waals surface area contributed by atoms with Crippen LogP contribution >= 0.6 is 23.4 Å². The van der Waals surface area contributed by atoms with Gasteiger partial charge in [0.15, 0.2) is 10.9 Å². The first-order chi connectivity index (χ1) is 17.1. The summed E-state index contributed by atoms with van der Waals surface area (Å²) < 4.78 is 9.48. The lowest BCUT2D eigenvalue weighted by Crippen LogP contribution is -2.22. The first-order valence-electron chi connectivity index (χ1n) is 10.9. The van der Waals surface area contributed by atoms with Crippen molar-refractivity contribution in [3.8, 4) is 17.0 Å². The molecule has 9 heteroatoms. The maximum absolute atomic E-state index is 13.5. The third-order valence-electron chi connectivity index (χ3n) is 5.74. The summed E-state index contributed by atoms with van der Waals surface area (Å²) in [7, 11) is 0. The van der Waals surface area contributed by atoms with Crippen molar-refractivity contribution in [1.29, 1.82) is 0 Å². The van der Waals surface area contributed by atoms with Crippen LogP contribution in [0.4, 0.5) is 0 Å². The number of halogens is 1. The van der Waals surface area contributed by atoms with Crippen LogP contribution in [0.1, 0.15) is 11.5 Å². The Labute approximate surface area is 209 Å². The molecule has 6 rings (SSSR count). The second-order valence-corrected chi connectivity index (χ2v) is 9.36. The number of nitrogens with zero attached hydrogens (tertiary/aromatic N) is 5. The van der Waals surface area contributed by atoms with E-state index in [-0.39, 0.29) is 5.56 Å². The van der Waals surface area contributed by atoms with Crippen molar-refractivity contribution < 1.29 is 4.42 Å². The molecule has 3 aromatic carbocycles. The molecule has 7 nitrogen and oxygen atoms in total. The summed E-state index contributed by atoms with van der Waals surface area (Å²) in [6, 6.07) is 22.7. The Balaban J connectivity index is 1.43. The Morgan fingerprint density at radius 3 is 2.69 bits per heavy atom. The van der Waals surface area contributed by atoms with Crippen molar-refractivity contribution in [2.45, 2.75) is 17.8 Å². The predicted octanol–water partition coefficient (Wildman–Crippen LogP) is 5.94. The van der Waals surface area contributed by atoms with Gasteiger partial charge >= 0.3 is 0 Å². The fourth-order valence-electron chi connectivity index (χ4n) is 4.08. The maximum atomic E-state index is 13.5. The Kier molecular flexibility index (Phi) is 5.39. The Morgan fingerprint density at radius 1 is 1.00 bits per heavy atom. The van der Waals surface area contributed by atoms with Gasteiger partial charge in [-0.25, -0.2) is 9.55 Å². The molecule has 0 aliphatic carbocycles. The molecule has 0 aliphatic heterocycles. The summed E-state index contributed by atoms with van der Waals surface area (Å²) in [5.41, 5.74) is 3.22. The zero-order valence-corrected chi connectivity index (χ0v) is 20.1. The molecule has 0 amide bonds. The largest absolute Gasteiger partial charge is 0.440 e. The summed E-state index contributed by atoms with van der Waals surface area (Å²) in [5, 5.41) is 10.7. The zero-order valence-electron chi connectivity index (χ0n) is 18.6. The number of aryl methyl sites for hydroxylation is 1. The smallest absolute Gasteiger partial charge is 0.267 e. The Hall–Kier alpha value is -3.88. The molecule has 0 bridgehead atoms. The number of fused-ring (bicyclic) bond motifs is 3. The molecule has 35 heavy (non-hydrogen) atoms. The first kappa shape index (κ1) is 21.6. The van der Waals surface area contributed by atoms with E-state index >= 15 is 0 Å². The van der Waals surface area contributed by atoms with Gasteiger partial charge < -0.3 is 4.42 Å². The summed E-state index contributed by atoms with van der Waals surface area (Å²) in [4.78, 5) is 17.9. The van der Waals surface area contributed by atoms with E-state index in [2.05, 4.69) is 15.2 Å². The highest BCUT2D eigenvalue weighted by atomic mass is 35.5. The monoisotopic (exact) mass is 499 g/mol. The highest BCUT2D eigenvalue weighted by Crippen LogP contribution is 2.28. The molecule has 0 N–H and O–H groups in total. The normalized spacial score (nSPS) is 11.5. The van der Waals surface area contributed by atoms with E-state index in [9.17, 15) is 4.79 Å². The van der Waals surface area contributed by atoms with Crippen LogP contribution in [0.5, 0.6) is 0 Å². The van der Waals surface area contributed by atoms with Crippen molar-refractivity contribution in [3.05, 3.63) is 106 Å². The molecule has 0 saturated carbocycles.